The van der Waals surface area contributed by atoms with E-state index in [1.54, 1.807) is 0 Å². The van der Waals surface area contributed by atoms with E-state index in [0.717, 1.165) is 117 Å². The second kappa shape index (κ2) is 19.4. The first-order valence-corrected chi connectivity index (χ1v) is 23.3. The highest BCUT2D eigenvalue weighted by molar-refractivity contribution is 6.14. The lowest BCUT2D eigenvalue weighted by Gasteiger charge is -2.22. The Morgan fingerprint density at radius 2 is 0.662 bits per heavy atom. The predicted molar refractivity (Wildman–Crippen MR) is 281 cm³/mol. The summed E-state index contributed by atoms with van der Waals surface area (Å²) in [5.74, 6) is 14.0. The summed E-state index contributed by atoms with van der Waals surface area (Å²) in [5.41, 5.74) is 54.8. The number of hydrogen-bond acceptors (Lipinski definition) is 0. The molecule has 0 heterocycles. The smallest absolute Gasteiger partial charge is 0.330 e. The molecule has 0 aliphatic heterocycles. The Hall–Kier alpha value is -7.42. The maximum absolute atomic E-state index is 10.6. The van der Waals surface area contributed by atoms with Crippen LogP contribution < -0.4 is 0 Å². The molecule has 6 aromatic carbocycles. The van der Waals surface area contributed by atoms with E-state index in [4.69, 9.17) is 0 Å². The highest BCUT2D eigenvalue weighted by Gasteiger charge is 2.29. The maximum atomic E-state index is 10.6. The molecule has 0 aliphatic rings. The molecule has 6 rings (SSSR count). The number of aryl methyl sites for hydroxylation is 8. The van der Waals surface area contributed by atoms with Crippen molar-refractivity contribution in [3.05, 3.63) is 223 Å². The van der Waals surface area contributed by atoms with Gasteiger partial charge in [-0.05, 0) is 196 Å². The zero-order valence-corrected chi connectivity index (χ0v) is 43.2. The molecule has 0 amide bonds. The molecule has 0 spiro atoms. The average molecular weight is 893 g/mol. The number of hydrogen-bond donors (Lipinski definition) is 0. The molecule has 0 aliphatic carbocycles. The second-order valence-corrected chi connectivity index (χ2v) is 20.7. The first kappa shape index (κ1) is 50.0. The lowest BCUT2D eigenvalue weighted by Crippen LogP contribution is -2.16. The van der Waals surface area contributed by atoms with E-state index in [9.17, 15) is 16.6 Å². The van der Waals surface area contributed by atoms with Crippen molar-refractivity contribution in [1.29, 1.82) is 0 Å². The molecule has 0 unspecified atom stereocenters. The van der Waals surface area contributed by atoms with Gasteiger partial charge < -0.3 is 16.6 Å². The molecule has 0 saturated carbocycles. The number of rotatable bonds is 6. The molecule has 0 fully saturated rings. The highest BCUT2D eigenvalue weighted by Crippen LogP contribution is 2.33. The van der Waals surface area contributed by atoms with Crippen LogP contribution in [0.25, 0.3) is 16.6 Å². The molecule has 0 aromatic heterocycles. The quantitative estimate of drug-likeness (QED) is 0.0687. The summed E-state index contributed by atoms with van der Waals surface area (Å²) in [6.07, 6.45) is 0. The molecule has 0 N–H and O–H groups in total. The molecule has 6 nitrogen and oxygen atoms in total. The van der Waals surface area contributed by atoms with Crippen LogP contribution in [0.15, 0.2) is 78.9 Å². The monoisotopic (exact) mass is 893 g/mol. The minimum atomic E-state index is -0.0151. The van der Waals surface area contributed by atoms with Crippen LogP contribution in [0.5, 0.6) is 0 Å². The fourth-order valence-electron chi connectivity index (χ4n) is 9.87. The van der Waals surface area contributed by atoms with Crippen LogP contribution in [-0.2, 0) is 10.8 Å². The summed E-state index contributed by atoms with van der Waals surface area (Å²) in [6.45, 7) is 35.8. The molecular weight excluding hydrogens is 829 g/mol. The molecule has 6 aromatic rings. The average Bonchev–Trinajstić information content (AvgIpc) is 3.25. The minimum absolute atomic E-state index is 0.0151. The molecule has 0 atom stereocenters. The standard InChI is InChI=1S/C62H64N6/c1-35-27-46(28-36(2)53(35)59(67-64)55-39(5)31-49(32-40(55)6)61(12,13)14)23-25-51-43(9)52(45(11)57(44(51)10)58(66-63)48-21-19-18-20-22-48)26-24-47-29-37(3)54(38(4)30-47)60(68-65)56-41(7)33-50(34-42(56)8)62(15,16)17/h18-22,27-34H,1-17H3. The van der Waals surface area contributed by atoms with E-state index in [2.05, 4.69) is 138 Å². The zero-order valence-electron chi connectivity index (χ0n) is 43.2. The molecule has 0 radical (unpaired) electrons. The van der Waals surface area contributed by atoms with Gasteiger partial charge in [-0.25, -0.2) is 0 Å². The van der Waals surface area contributed by atoms with Crippen LogP contribution in [0.3, 0.4) is 0 Å². The fourth-order valence-corrected chi connectivity index (χ4v) is 9.87. The second-order valence-electron chi connectivity index (χ2n) is 20.7. The van der Waals surface area contributed by atoms with Gasteiger partial charge in [0.1, 0.15) is 0 Å². The Bertz CT molecular complexity index is 3070. The third-order valence-corrected chi connectivity index (χ3v) is 13.3. The SMILES string of the molecule is Cc1cc(C#Cc2c(C)c(C#Cc3cc(C)c(C(=[N+]=[N-])c4c(C)cc(C(C)(C)C)cc4C)c(C)c3)c(C)c(C(=[N+]=[N-])c3ccccc3)c2C)cc(C)c1C(=[N+]=[N-])c1c(C)cc(C(C)(C)C)cc1C. The van der Waals surface area contributed by atoms with Crippen molar-refractivity contribution in [2.24, 2.45) is 0 Å². The lowest BCUT2D eigenvalue weighted by molar-refractivity contribution is -0.00342. The van der Waals surface area contributed by atoms with Gasteiger partial charge in [0, 0.05) is 22.3 Å². The van der Waals surface area contributed by atoms with Crippen LogP contribution in [0.4, 0.5) is 0 Å². The third-order valence-electron chi connectivity index (χ3n) is 13.3. The molecule has 0 saturated heterocycles. The van der Waals surface area contributed by atoms with Gasteiger partial charge in [0.25, 0.3) is 0 Å². The largest absolute Gasteiger partial charge is 0.361 e. The van der Waals surface area contributed by atoms with Crippen molar-refractivity contribution in [2.45, 2.75) is 129 Å². The van der Waals surface area contributed by atoms with Crippen LogP contribution in [0.1, 0.15) is 170 Å². The van der Waals surface area contributed by atoms with Crippen LogP contribution in [0.2, 0.25) is 0 Å². The molecule has 0 bridgehead atoms. The number of nitrogens with zero attached hydrogens (tertiary/aromatic N) is 6. The summed E-state index contributed by atoms with van der Waals surface area (Å²) in [4.78, 5) is 11.7. The van der Waals surface area contributed by atoms with Crippen molar-refractivity contribution in [1.82, 2.24) is 0 Å². The van der Waals surface area contributed by atoms with Gasteiger partial charge in [-0.2, -0.15) is 14.4 Å². The Morgan fingerprint density at radius 1 is 0.368 bits per heavy atom. The summed E-state index contributed by atoms with van der Waals surface area (Å²) < 4.78 is 0. The summed E-state index contributed by atoms with van der Waals surface area (Å²) in [5, 5.41) is 0. The van der Waals surface area contributed by atoms with Gasteiger partial charge in [0.15, 0.2) is 0 Å². The lowest BCUT2D eigenvalue weighted by atomic mass is 9.81. The normalized spacial score (nSPS) is 11.1. The van der Waals surface area contributed by atoms with E-state index < -0.39 is 0 Å². The summed E-state index contributed by atoms with van der Waals surface area (Å²) in [7, 11) is 0. The Morgan fingerprint density at radius 3 is 0.941 bits per heavy atom. The Kier molecular flexibility index (Phi) is 14.3. The van der Waals surface area contributed by atoms with Gasteiger partial charge >= 0.3 is 17.1 Å². The van der Waals surface area contributed by atoms with Crippen LogP contribution >= 0.6 is 0 Å². The Labute approximate surface area is 405 Å². The Balaban J connectivity index is 1.48. The third kappa shape index (κ3) is 9.83. The number of benzene rings is 6. The van der Waals surface area contributed by atoms with Gasteiger partial charge in [0.2, 0.25) is 0 Å². The fraction of sp³-hybridized carbons (Fsp3) is 0.306. The van der Waals surface area contributed by atoms with Gasteiger partial charge in [-0.3, -0.25) is 0 Å². The van der Waals surface area contributed by atoms with E-state index in [1.807, 2.05) is 96.1 Å². The molecule has 6 heteroatoms. The summed E-state index contributed by atoms with van der Waals surface area (Å²) in [6, 6.07) is 26.6. The molecule has 68 heavy (non-hydrogen) atoms. The first-order chi connectivity index (χ1) is 31.9. The van der Waals surface area contributed by atoms with Gasteiger partial charge in [-0.15, -0.1) is 0 Å². The van der Waals surface area contributed by atoms with Crippen LogP contribution in [-0.4, -0.2) is 31.5 Å². The highest BCUT2D eigenvalue weighted by atomic mass is 14.9. The first-order valence-electron chi connectivity index (χ1n) is 23.3. The van der Waals surface area contributed by atoms with Crippen molar-refractivity contribution in [3.63, 3.8) is 0 Å². The van der Waals surface area contributed by atoms with E-state index in [0.29, 0.717) is 17.1 Å². The van der Waals surface area contributed by atoms with Crippen molar-refractivity contribution < 1.29 is 14.4 Å². The van der Waals surface area contributed by atoms with E-state index in [1.165, 1.54) is 11.1 Å². The van der Waals surface area contributed by atoms with Crippen molar-refractivity contribution in [3.8, 4) is 23.7 Å². The van der Waals surface area contributed by atoms with Crippen molar-refractivity contribution in [2.75, 3.05) is 0 Å². The van der Waals surface area contributed by atoms with E-state index >= 15 is 0 Å². The molecule has 342 valence electrons. The minimum Gasteiger partial charge on any atom is -0.361 e. The maximum Gasteiger partial charge on any atom is 0.330 e. The molecular formula is C62H64N6. The predicted octanol–water partition coefficient (Wildman–Crippen LogP) is 13.7. The van der Waals surface area contributed by atoms with Gasteiger partial charge in [-0.1, -0.05) is 108 Å². The van der Waals surface area contributed by atoms with Gasteiger partial charge in [0.05, 0.1) is 33.4 Å². The zero-order chi connectivity index (χ0) is 50.2. The topological polar surface area (TPSA) is 109 Å². The van der Waals surface area contributed by atoms with Crippen molar-refractivity contribution >= 4 is 17.1 Å². The van der Waals surface area contributed by atoms with E-state index in [-0.39, 0.29) is 10.8 Å². The summed E-state index contributed by atoms with van der Waals surface area (Å²) >= 11 is 0. The van der Waals surface area contributed by atoms with Crippen LogP contribution in [0, 0.1) is 99.8 Å².